The minimum Gasteiger partial charge on any atom is -0.462 e. The number of ether oxygens (including phenoxy) is 2. The van der Waals surface area contributed by atoms with E-state index >= 15 is 0 Å². The largest absolute Gasteiger partial charge is 0.462 e. The molecule has 4 N–H and O–H groups in total. The Morgan fingerprint density at radius 1 is 1.21 bits per heavy atom. The van der Waals surface area contributed by atoms with Gasteiger partial charge in [0.1, 0.15) is 18.1 Å². The van der Waals surface area contributed by atoms with Crippen LogP contribution in [0.4, 0.5) is 11.8 Å². The van der Waals surface area contributed by atoms with E-state index in [1.165, 1.54) is 0 Å². The van der Waals surface area contributed by atoms with Gasteiger partial charge >= 0.3 is 13.5 Å². The second-order valence-electron chi connectivity index (χ2n) is 7.74. The molecule has 0 aliphatic heterocycles. The van der Waals surface area contributed by atoms with Gasteiger partial charge in [-0.3, -0.25) is 9.36 Å². The van der Waals surface area contributed by atoms with Crippen LogP contribution in [0.25, 0.3) is 11.2 Å². The summed E-state index contributed by atoms with van der Waals surface area (Å²) in [5, 5.41) is 5.70. The Bertz CT molecular complexity index is 1160. The van der Waals surface area contributed by atoms with Crippen molar-refractivity contribution in [1.82, 2.24) is 24.6 Å². The van der Waals surface area contributed by atoms with Gasteiger partial charge in [0.05, 0.1) is 19.0 Å². The number of fused-ring (bicyclic) bond motifs is 1. The summed E-state index contributed by atoms with van der Waals surface area (Å²) in [6.45, 7) is 5.59. The van der Waals surface area contributed by atoms with Gasteiger partial charge < -0.3 is 29.6 Å². The number of imidazole rings is 1. The minimum atomic E-state index is -3.62. The van der Waals surface area contributed by atoms with E-state index < -0.39 is 19.5 Å². The van der Waals surface area contributed by atoms with E-state index in [1.54, 1.807) is 63.0 Å². The number of esters is 1. The summed E-state index contributed by atoms with van der Waals surface area (Å²) in [5.74, 6) is 0.495. The molecule has 0 radical (unpaired) electrons. The highest BCUT2D eigenvalue weighted by Crippen LogP contribution is 2.43. The summed E-state index contributed by atoms with van der Waals surface area (Å²) in [4.78, 5) is 24.9. The number of hydrogen-bond acceptors (Lipinski definition) is 10. The highest BCUT2D eigenvalue weighted by atomic mass is 31.2. The molecule has 2 aromatic heterocycles. The number of benzene rings is 1. The number of anilines is 2. The molecule has 2 heterocycles. The third-order valence-corrected chi connectivity index (χ3v) is 6.36. The molecule has 184 valence electrons. The van der Waals surface area contributed by atoms with Crippen LogP contribution in [0, 0.1) is 0 Å². The van der Waals surface area contributed by atoms with Gasteiger partial charge in [-0.2, -0.15) is 9.97 Å². The van der Waals surface area contributed by atoms with Crippen LogP contribution in [0.15, 0.2) is 36.7 Å². The number of hydrogen-bond donors (Lipinski definition) is 3. The maximum absolute atomic E-state index is 13.6. The Hall–Kier alpha value is -3.21. The number of nitrogens with one attached hydrogen (secondary N) is 2. The third-order valence-electron chi connectivity index (χ3n) is 4.55. The molecule has 3 aromatic rings. The van der Waals surface area contributed by atoms with Crippen LogP contribution < -0.4 is 20.7 Å². The van der Waals surface area contributed by atoms with Crippen LogP contribution >= 0.6 is 7.52 Å². The van der Waals surface area contributed by atoms with Crippen LogP contribution in [0.1, 0.15) is 20.8 Å². The molecule has 1 aromatic carbocycles. The van der Waals surface area contributed by atoms with Crippen molar-refractivity contribution in [1.29, 1.82) is 0 Å². The first kappa shape index (κ1) is 25.4. The lowest BCUT2D eigenvalue weighted by Crippen LogP contribution is -2.36. The van der Waals surface area contributed by atoms with Crippen molar-refractivity contribution in [3.05, 3.63) is 36.7 Å². The average Bonchev–Trinajstić information content (AvgIpc) is 3.19. The van der Waals surface area contributed by atoms with Crippen LogP contribution in [-0.2, 0) is 25.4 Å². The van der Waals surface area contributed by atoms with Gasteiger partial charge in [0, 0.05) is 13.6 Å². The summed E-state index contributed by atoms with van der Waals surface area (Å²) in [6, 6.07) is 7.81. The van der Waals surface area contributed by atoms with Gasteiger partial charge in [-0.15, -0.1) is 0 Å². The number of nitrogens with two attached hydrogens (primary N) is 1. The van der Waals surface area contributed by atoms with Crippen molar-refractivity contribution in [2.24, 2.45) is 0 Å². The Balaban J connectivity index is 1.67. The van der Waals surface area contributed by atoms with Gasteiger partial charge in [-0.25, -0.2) is 10.1 Å². The second-order valence-corrected chi connectivity index (χ2v) is 9.79. The average molecular weight is 491 g/mol. The van der Waals surface area contributed by atoms with E-state index in [2.05, 4.69) is 25.4 Å². The molecule has 2 atom stereocenters. The molecule has 1 unspecified atom stereocenters. The number of rotatable bonds is 12. The van der Waals surface area contributed by atoms with Gasteiger partial charge in [-0.05, 0) is 32.9 Å². The van der Waals surface area contributed by atoms with Gasteiger partial charge in [-0.1, -0.05) is 18.2 Å². The molecule has 0 amide bonds. The maximum Gasteiger partial charge on any atom is 0.342 e. The van der Waals surface area contributed by atoms with E-state index in [1.807, 2.05) is 6.07 Å². The Morgan fingerprint density at radius 3 is 2.62 bits per heavy atom. The van der Waals surface area contributed by atoms with Crippen molar-refractivity contribution in [3.63, 3.8) is 0 Å². The van der Waals surface area contributed by atoms with E-state index in [4.69, 9.17) is 19.7 Å². The zero-order chi connectivity index (χ0) is 24.7. The monoisotopic (exact) mass is 491 g/mol. The molecule has 3 rings (SSSR count). The molecule has 34 heavy (non-hydrogen) atoms. The van der Waals surface area contributed by atoms with Crippen molar-refractivity contribution in [2.45, 2.75) is 39.5 Å². The predicted octanol–water partition coefficient (Wildman–Crippen LogP) is 2.63. The van der Waals surface area contributed by atoms with E-state index in [9.17, 15) is 9.36 Å². The number of carbonyl (C=O) groups is 1. The fourth-order valence-electron chi connectivity index (χ4n) is 3.07. The molecule has 0 spiro atoms. The fraction of sp³-hybridized carbons (Fsp3) is 0.429. The lowest BCUT2D eigenvalue weighted by Gasteiger charge is -2.24. The third kappa shape index (κ3) is 6.66. The molecular weight excluding hydrogens is 461 g/mol. The Labute approximate surface area is 197 Å². The standard InChI is InChI=1S/C21H30N7O5P/c1-14(2)32-20(29)15(3)27-34(30,33-16-8-6-5-7-9-16)13-31-11-10-28-12-24-17-18(23-4)25-21(22)26-19(17)28/h5-9,12,14-15H,10-11,13H2,1-4H3,(H,27,30)(H3,22,23,25,26)/t15-,34?/m0/s1. The number of nitrogen functional groups attached to an aromatic ring is 1. The van der Waals surface area contributed by atoms with Gasteiger partial charge in [0.15, 0.2) is 17.0 Å². The smallest absolute Gasteiger partial charge is 0.342 e. The SMILES string of the molecule is CNc1nc(N)nc2c1ncn2CCOCP(=O)(N[C@@H](C)C(=O)OC(C)C)Oc1ccccc1. The number of carbonyl (C=O) groups excluding carboxylic acids is 1. The van der Waals surface area contributed by atoms with Crippen LogP contribution in [0.3, 0.4) is 0 Å². The first-order valence-corrected chi connectivity index (χ1v) is 12.6. The molecular formula is C21H30N7O5P. The summed E-state index contributed by atoms with van der Waals surface area (Å²) in [5.41, 5.74) is 6.91. The normalized spacial score (nSPS) is 14.0. The van der Waals surface area contributed by atoms with Crippen molar-refractivity contribution >= 4 is 36.4 Å². The summed E-state index contributed by atoms with van der Waals surface area (Å²) in [7, 11) is -1.90. The zero-order valence-corrected chi connectivity index (χ0v) is 20.5. The van der Waals surface area contributed by atoms with Crippen molar-refractivity contribution in [2.75, 3.05) is 31.1 Å². The number of para-hydroxylation sites is 1. The zero-order valence-electron chi connectivity index (χ0n) is 19.6. The summed E-state index contributed by atoms with van der Waals surface area (Å²) < 4.78 is 31.9. The van der Waals surface area contributed by atoms with E-state index in [0.717, 1.165) is 0 Å². The summed E-state index contributed by atoms with van der Waals surface area (Å²) in [6.07, 6.45) is 1.03. The highest BCUT2D eigenvalue weighted by molar-refractivity contribution is 7.57. The molecule has 0 bridgehead atoms. The Kier molecular flexibility index (Phi) is 8.43. The second kappa shape index (κ2) is 11.3. The number of nitrogens with zero attached hydrogens (tertiary/aromatic N) is 4. The molecule has 13 heteroatoms. The number of aromatic nitrogens is 4. The molecule has 12 nitrogen and oxygen atoms in total. The van der Waals surface area contributed by atoms with Crippen LogP contribution in [0.5, 0.6) is 5.75 Å². The van der Waals surface area contributed by atoms with E-state index in [-0.39, 0.29) is 25.0 Å². The lowest BCUT2D eigenvalue weighted by atomic mass is 10.3. The first-order valence-electron chi connectivity index (χ1n) is 10.8. The molecule has 0 aliphatic rings. The minimum absolute atomic E-state index is 0.117. The predicted molar refractivity (Wildman–Crippen MR) is 129 cm³/mol. The van der Waals surface area contributed by atoms with Gasteiger partial charge in [0.2, 0.25) is 5.95 Å². The van der Waals surface area contributed by atoms with Gasteiger partial charge in [0.25, 0.3) is 0 Å². The fourth-order valence-corrected chi connectivity index (χ4v) is 4.78. The molecule has 0 saturated heterocycles. The van der Waals surface area contributed by atoms with Crippen LogP contribution in [-0.4, -0.2) is 57.6 Å². The molecule has 0 fully saturated rings. The topological polar surface area (TPSA) is 156 Å². The van der Waals surface area contributed by atoms with Crippen molar-refractivity contribution < 1.29 is 23.4 Å². The quantitative estimate of drug-likeness (QED) is 0.194. The molecule has 0 aliphatic carbocycles. The van der Waals surface area contributed by atoms with Crippen LogP contribution in [0.2, 0.25) is 0 Å². The lowest BCUT2D eigenvalue weighted by molar-refractivity contribution is -0.149. The Morgan fingerprint density at radius 2 is 1.94 bits per heavy atom. The first-order chi connectivity index (χ1) is 16.2. The van der Waals surface area contributed by atoms with E-state index in [0.29, 0.717) is 29.3 Å². The highest BCUT2D eigenvalue weighted by Gasteiger charge is 2.31. The molecule has 0 saturated carbocycles. The summed E-state index contributed by atoms with van der Waals surface area (Å²) >= 11 is 0. The maximum atomic E-state index is 13.6. The van der Waals surface area contributed by atoms with Crippen molar-refractivity contribution in [3.8, 4) is 5.75 Å².